The fourth-order valence-corrected chi connectivity index (χ4v) is 2.99. The van der Waals surface area contributed by atoms with Crippen molar-refractivity contribution in [3.8, 4) is 0 Å². The Kier molecular flexibility index (Phi) is 5.06. The van der Waals surface area contributed by atoms with Crippen LogP contribution in [0.4, 0.5) is 0 Å². The van der Waals surface area contributed by atoms with E-state index in [0.717, 1.165) is 19.5 Å². The standard InChI is InChI=1S/C11H17NOS.ClH/c1-9-4-6-14-11(9)7-12-5-2-3-10(12)8-13;/h4,6,10,13H,2-3,5,7-8H2,1H3;1H. The van der Waals surface area contributed by atoms with Crippen molar-refractivity contribution in [2.45, 2.75) is 32.4 Å². The maximum absolute atomic E-state index is 9.20. The molecule has 1 atom stereocenters. The molecule has 1 aromatic heterocycles. The third-order valence-corrected chi connectivity index (χ3v) is 4.03. The molecule has 1 aromatic rings. The molecule has 0 amide bonds. The number of thiophene rings is 1. The molecule has 0 bridgehead atoms. The summed E-state index contributed by atoms with van der Waals surface area (Å²) in [6, 6.07) is 2.57. The number of hydrogen-bond donors (Lipinski definition) is 1. The van der Waals surface area contributed by atoms with Crippen molar-refractivity contribution in [2.75, 3.05) is 13.2 Å². The van der Waals surface area contributed by atoms with Gasteiger partial charge in [-0.25, -0.2) is 0 Å². The fraction of sp³-hybridized carbons (Fsp3) is 0.636. The van der Waals surface area contributed by atoms with E-state index in [1.165, 1.54) is 16.9 Å². The summed E-state index contributed by atoms with van der Waals surface area (Å²) in [6.45, 7) is 4.64. The molecule has 1 saturated heterocycles. The van der Waals surface area contributed by atoms with E-state index in [1.54, 1.807) is 0 Å². The topological polar surface area (TPSA) is 23.5 Å². The highest BCUT2D eigenvalue weighted by Crippen LogP contribution is 2.23. The van der Waals surface area contributed by atoms with E-state index >= 15 is 0 Å². The quantitative estimate of drug-likeness (QED) is 0.887. The van der Waals surface area contributed by atoms with Crippen LogP contribution in [-0.4, -0.2) is 29.2 Å². The van der Waals surface area contributed by atoms with E-state index in [-0.39, 0.29) is 12.4 Å². The molecule has 2 heterocycles. The van der Waals surface area contributed by atoms with Crippen LogP contribution in [0.5, 0.6) is 0 Å². The van der Waals surface area contributed by atoms with E-state index < -0.39 is 0 Å². The molecule has 15 heavy (non-hydrogen) atoms. The van der Waals surface area contributed by atoms with Gasteiger partial charge in [0.2, 0.25) is 0 Å². The lowest BCUT2D eigenvalue weighted by atomic mass is 10.2. The Morgan fingerprint density at radius 2 is 2.40 bits per heavy atom. The minimum Gasteiger partial charge on any atom is -0.395 e. The normalized spacial score (nSPS) is 21.6. The molecule has 1 N–H and O–H groups in total. The van der Waals surface area contributed by atoms with Gasteiger partial charge in [-0.1, -0.05) is 0 Å². The third kappa shape index (κ3) is 2.94. The average Bonchev–Trinajstić information content (AvgIpc) is 2.77. The van der Waals surface area contributed by atoms with E-state index in [0.29, 0.717) is 12.6 Å². The van der Waals surface area contributed by atoms with Gasteiger partial charge >= 0.3 is 0 Å². The summed E-state index contributed by atoms with van der Waals surface area (Å²) in [5, 5.41) is 11.3. The Morgan fingerprint density at radius 3 is 3.00 bits per heavy atom. The third-order valence-electron chi connectivity index (χ3n) is 3.02. The summed E-state index contributed by atoms with van der Waals surface area (Å²) in [5.74, 6) is 0. The smallest absolute Gasteiger partial charge is 0.0587 e. The van der Waals surface area contributed by atoms with Crippen LogP contribution in [0.25, 0.3) is 0 Å². The summed E-state index contributed by atoms with van der Waals surface area (Å²) in [4.78, 5) is 3.85. The fourth-order valence-electron chi connectivity index (χ4n) is 2.06. The molecule has 0 aromatic carbocycles. The monoisotopic (exact) mass is 247 g/mol. The predicted molar refractivity (Wildman–Crippen MR) is 66.8 cm³/mol. The van der Waals surface area contributed by atoms with Gasteiger partial charge in [0.1, 0.15) is 0 Å². The first-order valence-corrected chi connectivity index (χ1v) is 6.07. The van der Waals surface area contributed by atoms with Crippen LogP contribution in [0.2, 0.25) is 0 Å². The second kappa shape index (κ2) is 5.85. The number of halogens is 1. The van der Waals surface area contributed by atoms with Gasteiger partial charge in [-0.15, -0.1) is 23.7 Å². The second-order valence-electron chi connectivity index (χ2n) is 3.98. The molecule has 2 nitrogen and oxygen atoms in total. The summed E-state index contributed by atoms with van der Waals surface area (Å²) in [7, 11) is 0. The Balaban J connectivity index is 0.00000112. The van der Waals surface area contributed by atoms with Crippen LogP contribution in [0.3, 0.4) is 0 Å². The number of aliphatic hydroxyl groups excluding tert-OH is 1. The van der Waals surface area contributed by atoms with E-state index in [4.69, 9.17) is 0 Å². The van der Waals surface area contributed by atoms with Crippen molar-refractivity contribution >= 4 is 23.7 Å². The zero-order valence-corrected chi connectivity index (χ0v) is 10.6. The summed E-state index contributed by atoms with van der Waals surface area (Å²) >= 11 is 1.83. The molecule has 86 valence electrons. The summed E-state index contributed by atoms with van der Waals surface area (Å²) in [6.07, 6.45) is 2.39. The maximum atomic E-state index is 9.20. The lowest BCUT2D eigenvalue weighted by Crippen LogP contribution is -2.31. The van der Waals surface area contributed by atoms with Gasteiger partial charge in [-0.05, 0) is 43.3 Å². The lowest BCUT2D eigenvalue weighted by molar-refractivity contribution is 0.154. The van der Waals surface area contributed by atoms with Gasteiger partial charge in [0.25, 0.3) is 0 Å². The molecule has 0 aliphatic carbocycles. The zero-order valence-electron chi connectivity index (χ0n) is 8.98. The Hall–Kier alpha value is -0.0900. The SMILES string of the molecule is Cc1ccsc1CN1CCCC1CO.Cl. The molecule has 1 aliphatic rings. The Labute approximate surface area is 101 Å². The van der Waals surface area contributed by atoms with E-state index in [9.17, 15) is 5.11 Å². The Bertz CT molecular complexity index is 303. The number of rotatable bonds is 3. The number of hydrogen-bond acceptors (Lipinski definition) is 3. The van der Waals surface area contributed by atoms with E-state index in [1.807, 2.05) is 11.3 Å². The van der Waals surface area contributed by atoms with E-state index in [2.05, 4.69) is 23.3 Å². The van der Waals surface area contributed by atoms with Crippen molar-refractivity contribution in [1.82, 2.24) is 4.90 Å². The van der Waals surface area contributed by atoms with Gasteiger partial charge in [0.05, 0.1) is 6.61 Å². The van der Waals surface area contributed by atoms with Crippen LogP contribution < -0.4 is 0 Å². The predicted octanol–water partition coefficient (Wildman–Crippen LogP) is 2.44. The molecule has 2 rings (SSSR count). The highest BCUT2D eigenvalue weighted by Gasteiger charge is 2.24. The van der Waals surface area contributed by atoms with Crippen molar-refractivity contribution in [1.29, 1.82) is 0 Å². The molecular weight excluding hydrogens is 230 g/mol. The molecule has 1 fully saturated rings. The van der Waals surface area contributed by atoms with Crippen LogP contribution in [0.1, 0.15) is 23.3 Å². The molecule has 1 unspecified atom stereocenters. The minimum absolute atomic E-state index is 0. The second-order valence-corrected chi connectivity index (χ2v) is 4.98. The van der Waals surface area contributed by atoms with Crippen molar-refractivity contribution < 1.29 is 5.11 Å². The van der Waals surface area contributed by atoms with Gasteiger partial charge in [-0.3, -0.25) is 4.90 Å². The first-order chi connectivity index (χ1) is 6.81. The van der Waals surface area contributed by atoms with Crippen molar-refractivity contribution in [3.05, 3.63) is 21.9 Å². The highest BCUT2D eigenvalue weighted by atomic mass is 35.5. The number of aliphatic hydroxyl groups is 1. The molecular formula is C11H18ClNOS. The van der Waals surface area contributed by atoms with Crippen LogP contribution >= 0.6 is 23.7 Å². The Morgan fingerprint density at radius 1 is 1.60 bits per heavy atom. The lowest BCUT2D eigenvalue weighted by Gasteiger charge is -2.22. The first-order valence-electron chi connectivity index (χ1n) is 5.19. The average molecular weight is 248 g/mol. The highest BCUT2D eigenvalue weighted by molar-refractivity contribution is 7.10. The van der Waals surface area contributed by atoms with Gasteiger partial charge in [0.15, 0.2) is 0 Å². The maximum Gasteiger partial charge on any atom is 0.0587 e. The van der Waals surface area contributed by atoms with Crippen molar-refractivity contribution in [2.24, 2.45) is 0 Å². The van der Waals surface area contributed by atoms with Crippen LogP contribution in [-0.2, 0) is 6.54 Å². The largest absolute Gasteiger partial charge is 0.395 e. The number of nitrogens with zero attached hydrogens (tertiary/aromatic N) is 1. The molecule has 4 heteroatoms. The van der Waals surface area contributed by atoms with Crippen LogP contribution in [0.15, 0.2) is 11.4 Å². The summed E-state index contributed by atoms with van der Waals surface area (Å²) < 4.78 is 0. The zero-order chi connectivity index (χ0) is 9.97. The van der Waals surface area contributed by atoms with Gasteiger partial charge in [-0.2, -0.15) is 0 Å². The van der Waals surface area contributed by atoms with Gasteiger partial charge in [0, 0.05) is 17.5 Å². The minimum atomic E-state index is 0. The number of likely N-dealkylation sites (tertiary alicyclic amines) is 1. The van der Waals surface area contributed by atoms with Crippen LogP contribution in [0, 0.1) is 6.92 Å². The summed E-state index contributed by atoms with van der Waals surface area (Å²) in [5.41, 5.74) is 1.39. The molecule has 0 spiro atoms. The molecule has 0 saturated carbocycles. The van der Waals surface area contributed by atoms with Gasteiger partial charge < -0.3 is 5.11 Å². The first kappa shape index (κ1) is 13.0. The van der Waals surface area contributed by atoms with Crippen molar-refractivity contribution in [3.63, 3.8) is 0 Å². The number of aryl methyl sites for hydroxylation is 1. The molecule has 1 aliphatic heterocycles. The molecule has 0 radical (unpaired) electrons.